The molecular formula is C10H16O2. The zero-order chi connectivity index (χ0) is 9.56. The molecular weight excluding hydrogens is 152 g/mol. The Morgan fingerprint density at radius 3 is 2.58 bits per heavy atom. The summed E-state index contributed by atoms with van der Waals surface area (Å²) >= 11 is 0. The van der Waals surface area contributed by atoms with Gasteiger partial charge in [0.05, 0.1) is 12.2 Å². The maximum Gasteiger partial charge on any atom is 0.341 e. The van der Waals surface area contributed by atoms with Crippen molar-refractivity contribution < 1.29 is 9.53 Å². The lowest BCUT2D eigenvalue weighted by Gasteiger charge is -1.97. The first-order valence-corrected chi connectivity index (χ1v) is 4.18. The molecule has 0 aliphatic rings. The van der Waals surface area contributed by atoms with Crippen LogP contribution in [0.25, 0.3) is 0 Å². The predicted octanol–water partition coefficient (Wildman–Crippen LogP) is 2.31. The van der Waals surface area contributed by atoms with Crippen LogP contribution in [-0.4, -0.2) is 12.6 Å². The van der Waals surface area contributed by atoms with E-state index in [1.165, 1.54) is 0 Å². The van der Waals surface area contributed by atoms with Gasteiger partial charge in [0.2, 0.25) is 0 Å². The SMILES string of the molecule is CCOC(=O)C(C)=C=CC(C)C. The summed E-state index contributed by atoms with van der Waals surface area (Å²) in [6.07, 6.45) is 1.85. The van der Waals surface area contributed by atoms with Crippen molar-refractivity contribution in [3.8, 4) is 0 Å². The summed E-state index contributed by atoms with van der Waals surface area (Å²) in [5.41, 5.74) is 3.42. The van der Waals surface area contributed by atoms with E-state index in [1.807, 2.05) is 19.9 Å². The molecule has 0 heterocycles. The summed E-state index contributed by atoms with van der Waals surface area (Å²) in [5, 5.41) is 0. The molecule has 12 heavy (non-hydrogen) atoms. The van der Waals surface area contributed by atoms with E-state index < -0.39 is 0 Å². The van der Waals surface area contributed by atoms with Crippen LogP contribution in [0.1, 0.15) is 27.7 Å². The third kappa shape index (κ3) is 4.75. The van der Waals surface area contributed by atoms with Crippen molar-refractivity contribution >= 4 is 5.97 Å². The quantitative estimate of drug-likeness (QED) is 0.367. The standard InChI is InChI=1S/C10H16O2/c1-5-12-10(11)9(4)7-6-8(2)3/h6,8H,5H2,1-4H3. The van der Waals surface area contributed by atoms with E-state index >= 15 is 0 Å². The highest BCUT2D eigenvalue weighted by Crippen LogP contribution is 1.97. The van der Waals surface area contributed by atoms with Crippen molar-refractivity contribution in [3.05, 3.63) is 17.4 Å². The molecule has 0 rings (SSSR count). The summed E-state index contributed by atoms with van der Waals surface area (Å²) in [7, 11) is 0. The van der Waals surface area contributed by atoms with E-state index in [0.29, 0.717) is 18.1 Å². The maximum atomic E-state index is 11.0. The van der Waals surface area contributed by atoms with E-state index in [0.717, 1.165) is 0 Å². The number of hydrogen-bond acceptors (Lipinski definition) is 2. The van der Waals surface area contributed by atoms with E-state index in [4.69, 9.17) is 4.74 Å². The van der Waals surface area contributed by atoms with Gasteiger partial charge in [0.1, 0.15) is 0 Å². The molecule has 2 nitrogen and oxygen atoms in total. The fraction of sp³-hybridized carbons (Fsp3) is 0.600. The van der Waals surface area contributed by atoms with Gasteiger partial charge in [0, 0.05) is 0 Å². The third-order valence-electron chi connectivity index (χ3n) is 1.21. The largest absolute Gasteiger partial charge is 0.462 e. The van der Waals surface area contributed by atoms with Crippen LogP contribution in [0, 0.1) is 5.92 Å². The molecule has 0 aromatic rings. The molecule has 0 aliphatic heterocycles. The zero-order valence-corrected chi connectivity index (χ0v) is 8.18. The van der Waals surface area contributed by atoms with E-state index in [-0.39, 0.29) is 5.97 Å². The second kappa shape index (κ2) is 5.62. The minimum absolute atomic E-state index is 0.283. The van der Waals surface area contributed by atoms with Crippen LogP contribution in [0.2, 0.25) is 0 Å². The van der Waals surface area contributed by atoms with Gasteiger partial charge in [-0.2, -0.15) is 0 Å². The van der Waals surface area contributed by atoms with E-state index in [1.54, 1.807) is 13.8 Å². The molecule has 0 saturated carbocycles. The normalized spacial score (nSPS) is 9.08. The summed E-state index contributed by atoms with van der Waals surface area (Å²) in [5.74, 6) is 0.128. The maximum absolute atomic E-state index is 11.0. The molecule has 0 atom stereocenters. The van der Waals surface area contributed by atoms with Crippen molar-refractivity contribution in [2.24, 2.45) is 5.92 Å². The zero-order valence-electron chi connectivity index (χ0n) is 8.18. The lowest BCUT2D eigenvalue weighted by Crippen LogP contribution is -2.04. The van der Waals surface area contributed by atoms with Gasteiger partial charge in [-0.25, -0.2) is 4.79 Å². The van der Waals surface area contributed by atoms with Crippen molar-refractivity contribution in [1.29, 1.82) is 0 Å². The molecule has 0 spiro atoms. The Kier molecular flexibility index (Phi) is 5.14. The number of rotatable bonds is 3. The molecule has 0 unspecified atom stereocenters. The minimum Gasteiger partial charge on any atom is -0.462 e. The van der Waals surface area contributed by atoms with Crippen LogP contribution in [0.15, 0.2) is 17.4 Å². The smallest absolute Gasteiger partial charge is 0.341 e. The molecule has 2 heteroatoms. The summed E-state index contributed by atoms with van der Waals surface area (Å²) in [6.45, 7) is 7.98. The molecule has 0 amide bonds. The summed E-state index contributed by atoms with van der Waals surface area (Å²) in [6, 6.07) is 0. The van der Waals surface area contributed by atoms with Crippen LogP contribution in [0.4, 0.5) is 0 Å². The highest BCUT2D eigenvalue weighted by molar-refractivity contribution is 5.87. The Hall–Kier alpha value is -1.01. The second-order valence-electron chi connectivity index (χ2n) is 2.90. The third-order valence-corrected chi connectivity index (χ3v) is 1.21. The van der Waals surface area contributed by atoms with Gasteiger partial charge in [0.25, 0.3) is 0 Å². The fourth-order valence-corrected chi connectivity index (χ4v) is 0.590. The average Bonchev–Trinajstić information content (AvgIpc) is 2.00. The molecule has 0 N–H and O–H groups in total. The van der Waals surface area contributed by atoms with Crippen molar-refractivity contribution in [1.82, 2.24) is 0 Å². The van der Waals surface area contributed by atoms with Gasteiger partial charge in [-0.1, -0.05) is 13.8 Å². The summed E-state index contributed by atoms with van der Waals surface area (Å²) < 4.78 is 4.78. The molecule has 0 radical (unpaired) electrons. The van der Waals surface area contributed by atoms with Crippen molar-refractivity contribution in [3.63, 3.8) is 0 Å². The first-order valence-electron chi connectivity index (χ1n) is 4.18. The van der Waals surface area contributed by atoms with Crippen molar-refractivity contribution in [2.45, 2.75) is 27.7 Å². The van der Waals surface area contributed by atoms with Gasteiger partial charge < -0.3 is 4.74 Å². The molecule has 0 fully saturated rings. The Morgan fingerprint density at radius 2 is 2.17 bits per heavy atom. The molecule has 0 saturated heterocycles. The molecule has 0 bridgehead atoms. The first-order chi connectivity index (χ1) is 5.57. The first kappa shape index (κ1) is 11.0. The van der Waals surface area contributed by atoms with Crippen LogP contribution >= 0.6 is 0 Å². The fourth-order valence-electron chi connectivity index (χ4n) is 0.590. The Bertz CT molecular complexity index is 208. The monoisotopic (exact) mass is 168 g/mol. The summed E-state index contributed by atoms with van der Waals surface area (Å²) in [4.78, 5) is 11.0. The van der Waals surface area contributed by atoms with Gasteiger partial charge in [-0.3, -0.25) is 0 Å². The predicted molar refractivity (Wildman–Crippen MR) is 48.7 cm³/mol. The van der Waals surface area contributed by atoms with E-state index in [9.17, 15) is 4.79 Å². The number of ether oxygens (including phenoxy) is 1. The Labute approximate surface area is 73.9 Å². The molecule has 0 aliphatic carbocycles. The molecule has 0 aromatic heterocycles. The van der Waals surface area contributed by atoms with E-state index in [2.05, 4.69) is 5.73 Å². The number of esters is 1. The lowest BCUT2D eigenvalue weighted by molar-refractivity contribution is -0.138. The van der Waals surface area contributed by atoms with Gasteiger partial charge in [-0.15, -0.1) is 5.73 Å². The van der Waals surface area contributed by atoms with Crippen LogP contribution in [0.5, 0.6) is 0 Å². The number of carbonyl (C=O) groups excluding carboxylic acids is 1. The minimum atomic E-state index is -0.283. The Balaban J connectivity index is 4.26. The Morgan fingerprint density at radius 1 is 1.58 bits per heavy atom. The van der Waals surface area contributed by atoms with Crippen molar-refractivity contribution in [2.75, 3.05) is 6.61 Å². The highest BCUT2D eigenvalue weighted by atomic mass is 16.5. The lowest BCUT2D eigenvalue weighted by atomic mass is 10.2. The van der Waals surface area contributed by atoms with Gasteiger partial charge >= 0.3 is 5.97 Å². The topological polar surface area (TPSA) is 26.3 Å². The van der Waals surface area contributed by atoms with Crippen LogP contribution < -0.4 is 0 Å². The van der Waals surface area contributed by atoms with Gasteiger partial charge in [-0.05, 0) is 25.8 Å². The average molecular weight is 168 g/mol. The second-order valence-corrected chi connectivity index (χ2v) is 2.90. The van der Waals surface area contributed by atoms with Crippen LogP contribution in [-0.2, 0) is 9.53 Å². The number of carbonyl (C=O) groups is 1. The van der Waals surface area contributed by atoms with Crippen LogP contribution in [0.3, 0.4) is 0 Å². The van der Waals surface area contributed by atoms with Gasteiger partial charge in [0.15, 0.2) is 0 Å². The highest BCUT2D eigenvalue weighted by Gasteiger charge is 2.01. The molecule has 0 aromatic carbocycles. The number of hydrogen-bond donors (Lipinski definition) is 0. The molecule has 68 valence electrons.